The standard InChI is InChI=1S/C23H28N6O3/c1-3-29-22-19(14-26-29)21(27-16-6-8-17(28-31)9-7-16)20(13-24-22)23(30)25-12-15-4-10-18(32-2)11-5-15/h4-5,10-11,13-14,16-17H,3,6-9,12H2,1-2H3,(H,24,27)(H,25,30). The van der Waals surface area contributed by atoms with Gasteiger partial charge in [-0.15, -0.1) is 0 Å². The molecule has 0 spiro atoms. The molecule has 3 aromatic rings. The van der Waals surface area contributed by atoms with Crippen LogP contribution >= 0.6 is 0 Å². The molecule has 0 radical (unpaired) electrons. The fourth-order valence-corrected chi connectivity index (χ4v) is 4.14. The zero-order valence-corrected chi connectivity index (χ0v) is 18.4. The Bertz CT molecular complexity index is 1090. The summed E-state index contributed by atoms with van der Waals surface area (Å²) in [7, 11) is 1.62. The maximum absolute atomic E-state index is 13.1. The predicted molar refractivity (Wildman–Crippen MR) is 123 cm³/mol. The summed E-state index contributed by atoms with van der Waals surface area (Å²) in [6.45, 7) is 3.09. The molecule has 0 bridgehead atoms. The van der Waals surface area contributed by atoms with Crippen molar-refractivity contribution in [2.24, 2.45) is 5.18 Å². The number of amides is 1. The van der Waals surface area contributed by atoms with Gasteiger partial charge in [-0.25, -0.2) is 9.67 Å². The van der Waals surface area contributed by atoms with Gasteiger partial charge in [0.05, 0.1) is 36.0 Å². The summed E-state index contributed by atoms with van der Waals surface area (Å²) in [6.07, 6.45) is 6.53. The van der Waals surface area contributed by atoms with E-state index in [2.05, 4.69) is 25.9 Å². The molecule has 1 amide bonds. The van der Waals surface area contributed by atoms with Gasteiger partial charge in [-0.05, 0) is 50.3 Å². The van der Waals surface area contributed by atoms with Crippen LogP contribution in [0, 0.1) is 4.91 Å². The van der Waals surface area contributed by atoms with Crippen molar-refractivity contribution >= 4 is 22.6 Å². The summed E-state index contributed by atoms with van der Waals surface area (Å²) in [6, 6.07) is 7.63. The number of nitroso groups, excluding NO2 is 1. The highest BCUT2D eigenvalue weighted by atomic mass is 16.5. The summed E-state index contributed by atoms with van der Waals surface area (Å²) in [4.78, 5) is 28.5. The highest BCUT2D eigenvalue weighted by Crippen LogP contribution is 2.30. The SMILES string of the molecule is CCn1ncc2c(NC3CCC(N=O)CC3)c(C(=O)NCc3ccc(OC)cc3)cnc21. The number of aromatic nitrogens is 3. The molecule has 2 N–H and O–H groups in total. The molecule has 0 aliphatic heterocycles. The van der Waals surface area contributed by atoms with Crippen LogP contribution in [0.2, 0.25) is 0 Å². The van der Waals surface area contributed by atoms with Crippen molar-refractivity contribution in [3.63, 3.8) is 0 Å². The van der Waals surface area contributed by atoms with Crippen LogP contribution in [0.3, 0.4) is 0 Å². The summed E-state index contributed by atoms with van der Waals surface area (Å²) in [5, 5.41) is 15.0. The lowest BCUT2D eigenvalue weighted by Crippen LogP contribution is -2.30. The van der Waals surface area contributed by atoms with Crippen LogP contribution in [-0.2, 0) is 13.1 Å². The predicted octanol–water partition coefficient (Wildman–Crippen LogP) is 3.88. The molecule has 168 valence electrons. The number of rotatable bonds is 8. The molecule has 9 heteroatoms. The van der Waals surface area contributed by atoms with Crippen molar-refractivity contribution < 1.29 is 9.53 Å². The Hall–Kier alpha value is -3.49. The molecule has 1 aliphatic rings. The van der Waals surface area contributed by atoms with E-state index in [9.17, 15) is 9.70 Å². The lowest BCUT2D eigenvalue weighted by Gasteiger charge is -2.27. The van der Waals surface area contributed by atoms with E-state index in [4.69, 9.17) is 4.74 Å². The number of pyridine rings is 1. The lowest BCUT2D eigenvalue weighted by molar-refractivity contribution is 0.0951. The van der Waals surface area contributed by atoms with Crippen molar-refractivity contribution in [2.45, 2.75) is 57.8 Å². The molecule has 1 aliphatic carbocycles. The van der Waals surface area contributed by atoms with Crippen LogP contribution in [0.15, 0.2) is 41.8 Å². The van der Waals surface area contributed by atoms with Gasteiger partial charge in [0, 0.05) is 25.3 Å². The van der Waals surface area contributed by atoms with Gasteiger partial charge in [-0.3, -0.25) is 4.79 Å². The van der Waals surface area contributed by atoms with Gasteiger partial charge in [0.25, 0.3) is 5.91 Å². The quantitative estimate of drug-likeness (QED) is 0.519. The van der Waals surface area contributed by atoms with Crippen LogP contribution < -0.4 is 15.4 Å². The van der Waals surface area contributed by atoms with Gasteiger partial charge in [-0.1, -0.05) is 17.3 Å². The highest BCUT2D eigenvalue weighted by molar-refractivity contribution is 6.06. The number of hydrogen-bond acceptors (Lipinski definition) is 7. The topological polar surface area (TPSA) is 110 Å². The smallest absolute Gasteiger partial charge is 0.255 e. The van der Waals surface area contributed by atoms with Gasteiger partial charge in [0.2, 0.25) is 0 Å². The first-order valence-corrected chi connectivity index (χ1v) is 11.0. The van der Waals surface area contributed by atoms with Crippen LogP contribution in [0.1, 0.15) is 48.5 Å². The third kappa shape index (κ3) is 4.56. The largest absolute Gasteiger partial charge is 0.497 e. The van der Waals surface area contributed by atoms with E-state index in [0.717, 1.165) is 53.7 Å². The normalized spacial score (nSPS) is 18.3. The summed E-state index contributed by atoms with van der Waals surface area (Å²) < 4.78 is 7.00. The molecule has 2 aromatic heterocycles. The van der Waals surface area contributed by atoms with Gasteiger partial charge >= 0.3 is 0 Å². The van der Waals surface area contributed by atoms with Crippen LogP contribution in [0.5, 0.6) is 5.75 Å². The van der Waals surface area contributed by atoms with E-state index in [1.54, 1.807) is 19.5 Å². The lowest BCUT2D eigenvalue weighted by atomic mass is 9.91. The molecule has 1 aromatic carbocycles. The number of anilines is 1. The maximum Gasteiger partial charge on any atom is 0.255 e. The number of carbonyl (C=O) groups is 1. The molecule has 0 atom stereocenters. The van der Waals surface area contributed by atoms with Gasteiger partial charge in [-0.2, -0.15) is 10.0 Å². The van der Waals surface area contributed by atoms with E-state index in [1.165, 1.54) is 0 Å². The van der Waals surface area contributed by atoms with Crippen molar-refractivity contribution in [2.75, 3.05) is 12.4 Å². The van der Waals surface area contributed by atoms with Crippen LogP contribution in [0.25, 0.3) is 11.0 Å². The fraction of sp³-hybridized carbons (Fsp3) is 0.435. The number of hydrogen-bond donors (Lipinski definition) is 2. The Labute approximate surface area is 186 Å². The first kappa shape index (κ1) is 21.7. The monoisotopic (exact) mass is 436 g/mol. The third-order valence-electron chi connectivity index (χ3n) is 6.02. The minimum Gasteiger partial charge on any atom is -0.497 e. The minimum absolute atomic E-state index is 0.111. The zero-order valence-electron chi connectivity index (χ0n) is 18.4. The molecule has 1 fully saturated rings. The van der Waals surface area contributed by atoms with E-state index in [-0.39, 0.29) is 18.0 Å². The Balaban J connectivity index is 1.57. The van der Waals surface area contributed by atoms with Gasteiger partial charge < -0.3 is 15.4 Å². The van der Waals surface area contributed by atoms with E-state index in [1.807, 2.05) is 35.9 Å². The first-order chi connectivity index (χ1) is 15.6. The molecule has 1 saturated carbocycles. The summed E-state index contributed by atoms with van der Waals surface area (Å²) in [5.74, 6) is 0.568. The molecular formula is C23H28N6O3. The van der Waals surface area contributed by atoms with Crippen molar-refractivity contribution in [1.29, 1.82) is 0 Å². The second kappa shape index (κ2) is 9.76. The van der Waals surface area contributed by atoms with Gasteiger partial charge in [0.1, 0.15) is 5.75 Å². The van der Waals surface area contributed by atoms with E-state index < -0.39 is 0 Å². The maximum atomic E-state index is 13.1. The number of fused-ring (bicyclic) bond motifs is 1. The summed E-state index contributed by atoms with van der Waals surface area (Å²) in [5.41, 5.74) is 2.94. The average Bonchev–Trinajstić information content (AvgIpc) is 3.27. The number of methoxy groups -OCH3 is 1. The number of benzene rings is 1. The Morgan fingerprint density at radius 2 is 1.94 bits per heavy atom. The molecule has 0 unspecified atom stereocenters. The minimum atomic E-state index is -0.204. The third-order valence-corrected chi connectivity index (χ3v) is 6.02. The first-order valence-electron chi connectivity index (χ1n) is 11.0. The number of nitrogens with zero attached hydrogens (tertiary/aromatic N) is 4. The number of carbonyl (C=O) groups excluding carboxylic acids is 1. The average molecular weight is 437 g/mol. The highest BCUT2D eigenvalue weighted by Gasteiger charge is 2.25. The van der Waals surface area contributed by atoms with E-state index >= 15 is 0 Å². The number of aryl methyl sites for hydroxylation is 1. The van der Waals surface area contributed by atoms with Crippen LogP contribution in [-0.4, -0.2) is 39.9 Å². The van der Waals surface area contributed by atoms with Gasteiger partial charge in [0.15, 0.2) is 5.65 Å². The molecular weight excluding hydrogens is 408 g/mol. The molecule has 0 saturated heterocycles. The Morgan fingerprint density at radius 3 is 2.59 bits per heavy atom. The second-order valence-corrected chi connectivity index (χ2v) is 8.03. The molecule has 32 heavy (non-hydrogen) atoms. The zero-order chi connectivity index (χ0) is 22.5. The number of ether oxygens (including phenoxy) is 1. The molecule has 4 rings (SSSR count). The second-order valence-electron chi connectivity index (χ2n) is 8.03. The molecule has 9 nitrogen and oxygen atoms in total. The molecule has 2 heterocycles. The fourth-order valence-electron chi connectivity index (χ4n) is 4.14. The Kier molecular flexibility index (Phi) is 6.63. The summed E-state index contributed by atoms with van der Waals surface area (Å²) >= 11 is 0. The van der Waals surface area contributed by atoms with Crippen molar-refractivity contribution in [3.8, 4) is 5.75 Å². The Morgan fingerprint density at radius 1 is 1.19 bits per heavy atom. The van der Waals surface area contributed by atoms with Crippen molar-refractivity contribution in [3.05, 3.63) is 52.7 Å². The van der Waals surface area contributed by atoms with E-state index in [0.29, 0.717) is 18.7 Å². The number of nitrogens with one attached hydrogen (secondary N) is 2. The van der Waals surface area contributed by atoms with Crippen LogP contribution in [0.4, 0.5) is 5.69 Å². The van der Waals surface area contributed by atoms with Crippen molar-refractivity contribution in [1.82, 2.24) is 20.1 Å².